The lowest BCUT2D eigenvalue weighted by Gasteiger charge is -2.08. The van der Waals surface area contributed by atoms with Crippen LogP contribution in [0.5, 0.6) is 0 Å². The molecule has 0 aliphatic carbocycles. The summed E-state index contributed by atoms with van der Waals surface area (Å²) in [5.74, 6) is -2.82. The van der Waals surface area contributed by atoms with E-state index in [9.17, 15) is 18.0 Å². The molecule has 1 heterocycles. The van der Waals surface area contributed by atoms with Gasteiger partial charge in [0.25, 0.3) is 5.91 Å². The van der Waals surface area contributed by atoms with Gasteiger partial charge in [-0.1, -0.05) is 11.6 Å². The Morgan fingerprint density at radius 1 is 0.885 bits per heavy atom. The number of benzene rings is 2. The van der Waals surface area contributed by atoms with Gasteiger partial charge in [-0.25, -0.2) is 18.2 Å². The standard InChI is InChI=1S/C18H11ClF3N3O/c19-13-8-11(2-5-14(13)20)24-17-6-3-12(9-23-17)25-18(26)10-1-4-15(21)16(22)7-10/h1-9H,(H,23,24)(H,25,26). The minimum Gasteiger partial charge on any atom is -0.340 e. The van der Waals surface area contributed by atoms with E-state index in [1.165, 1.54) is 30.5 Å². The normalized spacial score (nSPS) is 10.5. The van der Waals surface area contributed by atoms with Crippen molar-refractivity contribution in [1.29, 1.82) is 0 Å². The van der Waals surface area contributed by atoms with Gasteiger partial charge in [0, 0.05) is 11.3 Å². The number of carbonyl (C=O) groups excluding carboxylic acids is 1. The molecule has 2 aromatic carbocycles. The fourth-order valence-electron chi connectivity index (χ4n) is 2.10. The Morgan fingerprint density at radius 2 is 1.62 bits per heavy atom. The number of anilines is 3. The molecule has 0 unspecified atom stereocenters. The first-order chi connectivity index (χ1) is 12.4. The van der Waals surface area contributed by atoms with Crippen LogP contribution in [0.2, 0.25) is 5.02 Å². The number of pyridine rings is 1. The number of aromatic nitrogens is 1. The van der Waals surface area contributed by atoms with Crippen LogP contribution in [0.3, 0.4) is 0 Å². The first kappa shape index (κ1) is 17.8. The van der Waals surface area contributed by atoms with Gasteiger partial charge in [0.05, 0.1) is 16.9 Å². The zero-order chi connectivity index (χ0) is 18.7. The number of hydrogen-bond donors (Lipinski definition) is 2. The van der Waals surface area contributed by atoms with Gasteiger partial charge in [-0.3, -0.25) is 4.79 Å². The molecule has 0 saturated heterocycles. The van der Waals surface area contributed by atoms with Crippen molar-refractivity contribution in [3.8, 4) is 0 Å². The van der Waals surface area contributed by atoms with E-state index >= 15 is 0 Å². The average Bonchev–Trinajstić information content (AvgIpc) is 2.62. The molecule has 0 fully saturated rings. The van der Waals surface area contributed by atoms with E-state index in [0.717, 1.165) is 12.1 Å². The van der Waals surface area contributed by atoms with Gasteiger partial charge in [0.1, 0.15) is 11.6 Å². The molecule has 0 aliphatic heterocycles. The number of rotatable bonds is 4. The molecule has 0 bridgehead atoms. The van der Waals surface area contributed by atoms with Gasteiger partial charge < -0.3 is 10.6 Å². The largest absolute Gasteiger partial charge is 0.340 e. The highest BCUT2D eigenvalue weighted by molar-refractivity contribution is 6.31. The zero-order valence-corrected chi connectivity index (χ0v) is 13.8. The van der Waals surface area contributed by atoms with Crippen LogP contribution in [0.15, 0.2) is 54.7 Å². The third-order valence-electron chi connectivity index (χ3n) is 3.40. The molecule has 26 heavy (non-hydrogen) atoms. The number of halogens is 4. The van der Waals surface area contributed by atoms with Gasteiger partial charge in [0.15, 0.2) is 11.6 Å². The molecular weight excluding hydrogens is 367 g/mol. The Kier molecular flexibility index (Phi) is 5.09. The van der Waals surface area contributed by atoms with Crippen LogP contribution < -0.4 is 10.6 Å². The van der Waals surface area contributed by atoms with E-state index in [-0.39, 0.29) is 10.6 Å². The monoisotopic (exact) mass is 377 g/mol. The number of hydrogen-bond acceptors (Lipinski definition) is 3. The minimum atomic E-state index is -1.10. The van der Waals surface area contributed by atoms with Crippen LogP contribution in [-0.2, 0) is 0 Å². The molecule has 1 amide bonds. The van der Waals surface area contributed by atoms with E-state index in [4.69, 9.17) is 11.6 Å². The quantitative estimate of drug-likeness (QED) is 0.661. The van der Waals surface area contributed by atoms with Crippen LogP contribution in [-0.4, -0.2) is 10.9 Å². The molecule has 0 radical (unpaired) electrons. The SMILES string of the molecule is O=C(Nc1ccc(Nc2ccc(F)c(Cl)c2)nc1)c1ccc(F)c(F)c1. The molecule has 132 valence electrons. The van der Waals surface area contributed by atoms with Crippen molar-refractivity contribution < 1.29 is 18.0 Å². The first-order valence-corrected chi connectivity index (χ1v) is 7.75. The smallest absolute Gasteiger partial charge is 0.255 e. The molecule has 2 N–H and O–H groups in total. The molecular formula is C18H11ClF3N3O. The highest BCUT2D eigenvalue weighted by Crippen LogP contribution is 2.22. The lowest BCUT2D eigenvalue weighted by Crippen LogP contribution is -2.12. The predicted molar refractivity (Wildman–Crippen MR) is 93.2 cm³/mol. The van der Waals surface area contributed by atoms with Gasteiger partial charge in [-0.05, 0) is 48.5 Å². The highest BCUT2D eigenvalue weighted by Gasteiger charge is 2.10. The second kappa shape index (κ2) is 7.45. The maximum Gasteiger partial charge on any atom is 0.255 e. The topological polar surface area (TPSA) is 54.0 Å². The van der Waals surface area contributed by atoms with Crippen molar-refractivity contribution in [2.24, 2.45) is 0 Å². The Balaban J connectivity index is 1.68. The van der Waals surface area contributed by atoms with Crippen molar-refractivity contribution in [3.63, 3.8) is 0 Å². The van der Waals surface area contributed by atoms with Crippen LogP contribution in [0.4, 0.5) is 30.4 Å². The van der Waals surface area contributed by atoms with Gasteiger partial charge >= 0.3 is 0 Å². The maximum atomic E-state index is 13.2. The summed E-state index contributed by atoms with van der Waals surface area (Å²) in [7, 11) is 0. The molecule has 3 aromatic rings. The molecule has 0 aliphatic rings. The first-order valence-electron chi connectivity index (χ1n) is 7.37. The Morgan fingerprint density at radius 3 is 2.27 bits per heavy atom. The van der Waals surface area contributed by atoms with E-state index in [2.05, 4.69) is 15.6 Å². The average molecular weight is 378 g/mol. The number of carbonyl (C=O) groups is 1. The fourth-order valence-corrected chi connectivity index (χ4v) is 2.28. The van der Waals surface area contributed by atoms with E-state index in [1.54, 1.807) is 12.1 Å². The van der Waals surface area contributed by atoms with Crippen LogP contribution in [0, 0.1) is 17.5 Å². The second-order valence-corrected chi connectivity index (χ2v) is 5.68. The van der Waals surface area contributed by atoms with Crippen molar-refractivity contribution in [3.05, 3.63) is 82.8 Å². The van der Waals surface area contributed by atoms with Gasteiger partial charge in [-0.2, -0.15) is 0 Å². The Bertz CT molecular complexity index is 964. The van der Waals surface area contributed by atoms with Gasteiger partial charge in [0.2, 0.25) is 0 Å². The molecule has 3 rings (SSSR count). The van der Waals surface area contributed by atoms with Crippen molar-refractivity contribution in [2.75, 3.05) is 10.6 Å². The molecule has 0 atom stereocenters. The van der Waals surface area contributed by atoms with E-state index in [0.29, 0.717) is 17.2 Å². The summed E-state index contributed by atoms with van der Waals surface area (Å²) in [5.41, 5.74) is 0.886. The highest BCUT2D eigenvalue weighted by atomic mass is 35.5. The van der Waals surface area contributed by atoms with Crippen LogP contribution >= 0.6 is 11.6 Å². The number of amides is 1. The van der Waals surface area contributed by atoms with Crippen LogP contribution in [0.25, 0.3) is 0 Å². The molecule has 4 nitrogen and oxygen atoms in total. The predicted octanol–water partition coefficient (Wildman–Crippen LogP) is 5.15. The summed E-state index contributed by atoms with van der Waals surface area (Å²) in [4.78, 5) is 16.1. The van der Waals surface area contributed by atoms with Crippen molar-refractivity contribution in [2.45, 2.75) is 0 Å². The maximum absolute atomic E-state index is 13.2. The summed E-state index contributed by atoms with van der Waals surface area (Å²) in [5, 5.41) is 5.43. The minimum absolute atomic E-state index is 0.0212. The second-order valence-electron chi connectivity index (χ2n) is 5.27. The van der Waals surface area contributed by atoms with E-state index < -0.39 is 23.4 Å². The summed E-state index contributed by atoms with van der Waals surface area (Å²) >= 11 is 5.71. The molecule has 8 heteroatoms. The third kappa shape index (κ3) is 4.12. The lowest BCUT2D eigenvalue weighted by atomic mass is 10.2. The summed E-state index contributed by atoms with van der Waals surface area (Å²) in [6.45, 7) is 0. The number of nitrogens with zero attached hydrogens (tertiary/aromatic N) is 1. The summed E-state index contributed by atoms with van der Waals surface area (Å²) < 4.78 is 39.2. The third-order valence-corrected chi connectivity index (χ3v) is 3.68. The van der Waals surface area contributed by atoms with Crippen molar-refractivity contribution >= 4 is 34.7 Å². The molecule has 1 aromatic heterocycles. The Labute approximate surface area is 151 Å². The summed E-state index contributed by atoms with van der Waals surface area (Å²) in [6, 6.07) is 10.2. The molecule has 0 saturated carbocycles. The van der Waals surface area contributed by atoms with Gasteiger partial charge in [-0.15, -0.1) is 0 Å². The molecule has 0 spiro atoms. The van der Waals surface area contributed by atoms with Crippen molar-refractivity contribution in [1.82, 2.24) is 4.98 Å². The Hall–Kier alpha value is -3.06. The zero-order valence-electron chi connectivity index (χ0n) is 13.1. The summed E-state index contributed by atoms with van der Waals surface area (Å²) in [6.07, 6.45) is 1.38. The number of nitrogens with one attached hydrogen (secondary N) is 2. The van der Waals surface area contributed by atoms with E-state index in [1.807, 2.05) is 0 Å². The van der Waals surface area contributed by atoms with Crippen LogP contribution in [0.1, 0.15) is 10.4 Å². The fraction of sp³-hybridized carbons (Fsp3) is 0. The lowest BCUT2D eigenvalue weighted by molar-refractivity contribution is 0.102.